The van der Waals surface area contributed by atoms with Crippen LogP contribution in [0.5, 0.6) is 0 Å². The SMILES string of the molecule is CNCC1(c2nccc3ccccc23)CC1. The molecule has 1 aliphatic carbocycles. The monoisotopic (exact) mass is 212 g/mol. The molecule has 0 amide bonds. The maximum atomic E-state index is 4.62. The zero-order chi connectivity index (χ0) is 11.0. The van der Waals surface area contributed by atoms with Gasteiger partial charge in [-0.1, -0.05) is 24.3 Å². The van der Waals surface area contributed by atoms with Gasteiger partial charge in [0.25, 0.3) is 0 Å². The highest BCUT2D eigenvalue weighted by molar-refractivity contribution is 5.85. The van der Waals surface area contributed by atoms with E-state index in [2.05, 4.69) is 40.6 Å². The normalized spacial score (nSPS) is 17.6. The lowest BCUT2D eigenvalue weighted by atomic mass is 9.96. The molecule has 2 aromatic rings. The number of likely N-dealkylation sites (N-methyl/N-ethyl adjacent to an activating group) is 1. The molecule has 0 aliphatic heterocycles. The molecule has 1 saturated carbocycles. The molecule has 0 saturated heterocycles. The average Bonchev–Trinajstić information content (AvgIpc) is 3.10. The fourth-order valence-corrected chi connectivity index (χ4v) is 2.53. The molecule has 16 heavy (non-hydrogen) atoms. The highest BCUT2D eigenvalue weighted by Crippen LogP contribution is 2.48. The molecule has 1 heterocycles. The van der Waals surface area contributed by atoms with Crippen LogP contribution in [-0.4, -0.2) is 18.6 Å². The average molecular weight is 212 g/mol. The van der Waals surface area contributed by atoms with Crippen LogP contribution in [0.15, 0.2) is 36.5 Å². The Bertz CT molecular complexity index is 510. The molecule has 0 atom stereocenters. The Morgan fingerprint density at radius 2 is 2.06 bits per heavy atom. The fourth-order valence-electron chi connectivity index (χ4n) is 2.53. The summed E-state index contributed by atoms with van der Waals surface area (Å²) < 4.78 is 0. The fraction of sp³-hybridized carbons (Fsp3) is 0.357. The standard InChI is InChI=1S/C14H16N2/c1-15-10-14(7-8-14)13-12-5-3-2-4-11(12)6-9-16-13/h2-6,9,15H,7-8,10H2,1H3. The Kier molecular flexibility index (Phi) is 2.18. The number of pyridine rings is 1. The summed E-state index contributed by atoms with van der Waals surface area (Å²) in [5, 5.41) is 5.91. The zero-order valence-electron chi connectivity index (χ0n) is 9.53. The van der Waals surface area contributed by atoms with Crippen molar-refractivity contribution in [3.05, 3.63) is 42.2 Å². The van der Waals surface area contributed by atoms with Crippen molar-refractivity contribution in [1.82, 2.24) is 10.3 Å². The largest absolute Gasteiger partial charge is 0.319 e. The number of hydrogen-bond acceptors (Lipinski definition) is 2. The molecular weight excluding hydrogens is 196 g/mol. The van der Waals surface area contributed by atoms with Crippen molar-refractivity contribution in [2.24, 2.45) is 0 Å². The summed E-state index contributed by atoms with van der Waals surface area (Å²) in [5.41, 5.74) is 1.58. The van der Waals surface area contributed by atoms with Gasteiger partial charge >= 0.3 is 0 Å². The van der Waals surface area contributed by atoms with Crippen LogP contribution in [-0.2, 0) is 5.41 Å². The van der Waals surface area contributed by atoms with E-state index in [0.717, 1.165) is 6.54 Å². The molecule has 0 bridgehead atoms. The van der Waals surface area contributed by atoms with Gasteiger partial charge in [-0.15, -0.1) is 0 Å². The van der Waals surface area contributed by atoms with Crippen molar-refractivity contribution >= 4 is 10.8 Å². The summed E-state index contributed by atoms with van der Waals surface area (Å²) in [4.78, 5) is 4.62. The molecule has 3 rings (SSSR count). The van der Waals surface area contributed by atoms with Gasteiger partial charge in [-0.25, -0.2) is 0 Å². The van der Waals surface area contributed by atoms with Crippen LogP contribution < -0.4 is 5.32 Å². The topological polar surface area (TPSA) is 24.9 Å². The second-order valence-corrected chi connectivity index (χ2v) is 4.69. The number of nitrogens with zero attached hydrogens (tertiary/aromatic N) is 1. The van der Waals surface area contributed by atoms with Crippen molar-refractivity contribution < 1.29 is 0 Å². The van der Waals surface area contributed by atoms with E-state index in [1.165, 1.54) is 29.3 Å². The predicted molar refractivity (Wildman–Crippen MR) is 66.6 cm³/mol. The first-order chi connectivity index (χ1) is 7.86. The molecule has 0 radical (unpaired) electrons. The maximum Gasteiger partial charge on any atom is 0.0556 e. The van der Waals surface area contributed by atoms with E-state index in [-0.39, 0.29) is 0 Å². The van der Waals surface area contributed by atoms with E-state index < -0.39 is 0 Å². The van der Waals surface area contributed by atoms with E-state index in [9.17, 15) is 0 Å². The minimum atomic E-state index is 0.301. The van der Waals surface area contributed by atoms with Crippen molar-refractivity contribution in [2.45, 2.75) is 18.3 Å². The number of nitrogens with one attached hydrogen (secondary N) is 1. The van der Waals surface area contributed by atoms with Gasteiger partial charge in [-0.3, -0.25) is 4.98 Å². The summed E-state index contributed by atoms with van der Waals surface area (Å²) in [7, 11) is 2.02. The van der Waals surface area contributed by atoms with Gasteiger partial charge in [0, 0.05) is 23.5 Å². The minimum Gasteiger partial charge on any atom is -0.319 e. The van der Waals surface area contributed by atoms with Crippen LogP contribution in [0.3, 0.4) is 0 Å². The lowest BCUT2D eigenvalue weighted by Crippen LogP contribution is -2.24. The van der Waals surface area contributed by atoms with Crippen LogP contribution in [0.25, 0.3) is 10.8 Å². The molecule has 1 aromatic carbocycles. The predicted octanol–water partition coefficient (Wildman–Crippen LogP) is 2.49. The molecule has 1 fully saturated rings. The Labute approximate surface area is 95.7 Å². The summed E-state index contributed by atoms with van der Waals surface area (Å²) in [6.07, 6.45) is 4.46. The quantitative estimate of drug-likeness (QED) is 0.845. The number of benzene rings is 1. The third-order valence-electron chi connectivity index (χ3n) is 3.54. The number of fused-ring (bicyclic) bond motifs is 1. The van der Waals surface area contributed by atoms with Crippen LogP contribution in [0.4, 0.5) is 0 Å². The van der Waals surface area contributed by atoms with Gasteiger partial charge in [-0.2, -0.15) is 0 Å². The number of rotatable bonds is 3. The van der Waals surface area contributed by atoms with E-state index in [1.54, 1.807) is 0 Å². The molecule has 1 N–H and O–H groups in total. The van der Waals surface area contributed by atoms with Gasteiger partial charge in [0.05, 0.1) is 5.69 Å². The first-order valence-electron chi connectivity index (χ1n) is 5.85. The molecule has 2 heteroatoms. The summed E-state index contributed by atoms with van der Waals surface area (Å²) in [6, 6.07) is 10.6. The highest BCUT2D eigenvalue weighted by atomic mass is 14.9. The van der Waals surface area contributed by atoms with Crippen LogP contribution in [0, 0.1) is 0 Å². The van der Waals surface area contributed by atoms with Crippen molar-refractivity contribution in [2.75, 3.05) is 13.6 Å². The van der Waals surface area contributed by atoms with Gasteiger partial charge in [0.1, 0.15) is 0 Å². The van der Waals surface area contributed by atoms with E-state index in [4.69, 9.17) is 0 Å². The van der Waals surface area contributed by atoms with Crippen LogP contribution in [0.2, 0.25) is 0 Å². The molecule has 0 unspecified atom stereocenters. The second-order valence-electron chi connectivity index (χ2n) is 4.69. The van der Waals surface area contributed by atoms with E-state index >= 15 is 0 Å². The van der Waals surface area contributed by atoms with E-state index in [0.29, 0.717) is 5.41 Å². The third kappa shape index (κ3) is 1.41. The lowest BCUT2D eigenvalue weighted by molar-refractivity contribution is 0.613. The van der Waals surface area contributed by atoms with Crippen molar-refractivity contribution in [3.8, 4) is 0 Å². The molecule has 1 aliphatic rings. The Morgan fingerprint density at radius 3 is 2.81 bits per heavy atom. The Balaban J connectivity index is 2.17. The smallest absolute Gasteiger partial charge is 0.0556 e. The van der Waals surface area contributed by atoms with Crippen molar-refractivity contribution in [1.29, 1.82) is 0 Å². The third-order valence-corrected chi connectivity index (χ3v) is 3.54. The van der Waals surface area contributed by atoms with Gasteiger partial charge in [0.15, 0.2) is 0 Å². The Hall–Kier alpha value is -1.41. The maximum absolute atomic E-state index is 4.62. The summed E-state index contributed by atoms with van der Waals surface area (Å²) >= 11 is 0. The number of hydrogen-bond donors (Lipinski definition) is 1. The van der Waals surface area contributed by atoms with Gasteiger partial charge < -0.3 is 5.32 Å². The van der Waals surface area contributed by atoms with E-state index in [1.807, 2.05) is 13.2 Å². The van der Waals surface area contributed by atoms with Crippen molar-refractivity contribution in [3.63, 3.8) is 0 Å². The Morgan fingerprint density at radius 1 is 1.25 bits per heavy atom. The molecule has 1 aromatic heterocycles. The molecular formula is C14H16N2. The lowest BCUT2D eigenvalue weighted by Gasteiger charge is -2.16. The van der Waals surface area contributed by atoms with Crippen LogP contribution >= 0.6 is 0 Å². The zero-order valence-corrected chi connectivity index (χ0v) is 9.53. The summed E-state index contributed by atoms with van der Waals surface area (Å²) in [6.45, 7) is 1.04. The van der Waals surface area contributed by atoms with Gasteiger partial charge in [0.2, 0.25) is 0 Å². The molecule has 82 valence electrons. The molecule has 0 spiro atoms. The number of aromatic nitrogens is 1. The first kappa shape index (κ1) is 9.79. The minimum absolute atomic E-state index is 0.301. The van der Waals surface area contributed by atoms with Crippen LogP contribution in [0.1, 0.15) is 18.5 Å². The second kappa shape index (κ2) is 3.56. The summed E-state index contributed by atoms with van der Waals surface area (Å²) in [5.74, 6) is 0. The van der Waals surface area contributed by atoms with Gasteiger partial charge in [-0.05, 0) is 31.3 Å². The highest BCUT2D eigenvalue weighted by Gasteiger charge is 2.45. The first-order valence-corrected chi connectivity index (χ1v) is 5.85. The molecule has 2 nitrogen and oxygen atoms in total.